The molecule has 0 radical (unpaired) electrons. The highest BCUT2D eigenvalue weighted by Crippen LogP contribution is 2.38. The SMILES string of the molecule is COc1cc(Br)cc(C=Nc2ccccc2Sc2c(C)n[nH]c2C)c1O. The number of H-pyrrole nitrogens is 1. The second kappa shape index (κ2) is 7.97. The van der Waals surface area contributed by atoms with Crippen LogP contribution in [-0.2, 0) is 0 Å². The van der Waals surface area contributed by atoms with Gasteiger partial charge in [-0.05, 0) is 38.1 Å². The molecule has 0 aliphatic heterocycles. The Morgan fingerprint density at radius 2 is 2.04 bits per heavy atom. The summed E-state index contributed by atoms with van der Waals surface area (Å²) < 4.78 is 5.99. The number of aromatic hydroxyl groups is 1. The molecule has 134 valence electrons. The third kappa shape index (κ3) is 3.94. The van der Waals surface area contributed by atoms with E-state index in [-0.39, 0.29) is 5.75 Å². The number of aryl methyl sites for hydroxylation is 2. The molecule has 0 spiro atoms. The van der Waals surface area contributed by atoms with Crippen LogP contribution in [0.15, 0.2) is 55.7 Å². The smallest absolute Gasteiger partial charge is 0.166 e. The van der Waals surface area contributed by atoms with Crippen LogP contribution in [0.5, 0.6) is 11.5 Å². The van der Waals surface area contributed by atoms with Gasteiger partial charge in [0.25, 0.3) is 0 Å². The summed E-state index contributed by atoms with van der Waals surface area (Å²) in [5.41, 5.74) is 3.38. The average molecular weight is 432 g/mol. The van der Waals surface area contributed by atoms with Gasteiger partial charge < -0.3 is 9.84 Å². The largest absolute Gasteiger partial charge is 0.504 e. The molecule has 0 atom stereocenters. The number of hydrogen-bond acceptors (Lipinski definition) is 5. The number of benzene rings is 2. The monoisotopic (exact) mass is 431 g/mol. The third-order valence-electron chi connectivity index (χ3n) is 3.77. The minimum atomic E-state index is 0.0612. The van der Waals surface area contributed by atoms with Gasteiger partial charge in [0.05, 0.1) is 23.4 Å². The van der Waals surface area contributed by atoms with Crippen molar-refractivity contribution in [3.63, 3.8) is 0 Å². The zero-order valence-electron chi connectivity index (χ0n) is 14.6. The van der Waals surface area contributed by atoms with Gasteiger partial charge in [-0.25, -0.2) is 0 Å². The summed E-state index contributed by atoms with van der Waals surface area (Å²) in [7, 11) is 1.52. The van der Waals surface area contributed by atoms with Gasteiger partial charge in [-0.1, -0.05) is 39.8 Å². The zero-order chi connectivity index (χ0) is 18.7. The van der Waals surface area contributed by atoms with Crippen LogP contribution in [0.4, 0.5) is 5.69 Å². The highest BCUT2D eigenvalue weighted by atomic mass is 79.9. The van der Waals surface area contributed by atoms with Gasteiger partial charge in [-0.2, -0.15) is 5.10 Å². The Bertz CT molecular complexity index is 950. The topological polar surface area (TPSA) is 70.5 Å². The predicted octanol–water partition coefficient (Wildman–Crippen LogP) is 5.41. The van der Waals surface area contributed by atoms with Crippen molar-refractivity contribution in [3.8, 4) is 11.5 Å². The maximum Gasteiger partial charge on any atom is 0.166 e. The Balaban J connectivity index is 1.94. The van der Waals surface area contributed by atoms with E-state index in [1.54, 1.807) is 30.1 Å². The van der Waals surface area contributed by atoms with E-state index in [0.717, 1.165) is 31.3 Å². The van der Waals surface area contributed by atoms with Crippen molar-refractivity contribution >= 4 is 39.6 Å². The number of rotatable bonds is 5. The Labute approximate surface area is 164 Å². The molecule has 2 aromatic carbocycles. The standard InChI is InChI=1S/C19H18BrN3O2S/c1-11-19(12(2)23-22-11)26-17-7-5-4-6-15(17)21-10-13-8-14(20)9-16(25-3)18(13)24/h4-10,24H,1-3H3,(H,22,23). The molecule has 0 fully saturated rings. The molecule has 0 aliphatic carbocycles. The zero-order valence-corrected chi connectivity index (χ0v) is 17.0. The first-order chi connectivity index (χ1) is 12.5. The Hall–Kier alpha value is -2.25. The summed E-state index contributed by atoms with van der Waals surface area (Å²) in [4.78, 5) is 6.69. The molecule has 7 heteroatoms. The number of ether oxygens (including phenoxy) is 1. The second-order valence-corrected chi connectivity index (χ2v) is 7.60. The Morgan fingerprint density at radius 1 is 1.27 bits per heavy atom. The van der Waals surface area contributed by atoms with E-state index in [2.05, 4.69) is 31.1 Å². The van der Waals surface area contributed by atoms with E-state index in [0.29, 0.717) is 11.3 Å². The molecule has 5 nitrogen and oxygen atoms in total. The molecule has 3 aromatic rings. The van der Waals surface area contributed by atoms with Gasteiger partial charge in [-0.3, -0.25) is 10.1 Å². The van der Waals surface area contributed by atoms with Gasteiger partial charge in [0.2, 0.25) is 0 Å². The van der Waals surface area contributed by atoms with Crippen LogP contribution >= 0.6 is 27.7 Å². The van der Waals surface area contributed by atoms with Gasteiger partial charge in [-0.15, -0.1) is 0 Å². The fourth-order valence-corrected chi connectivity index (χ4v) is 3.88. The molecule has 0 unspecified atom stereocenters. The summed E-state index contributed by atoms with van der Waals surface area (Å²) >= 11 is 5.04. The molecule has 0 amide bonds. The van der Waals surface area contributed by atoms with Gasteiger partial charge in [0.15, 0.2) is 11.5 Å². The lowest BCUT2D eigenvalue weighted by Gasteiger charge is -2.08. The molecule has 26 heavy (non-hydrogen) atoms. The molecular formula is C19H18BrN3O2S. The number of aromatic amines is 1. The van der Waals surface area contributed by atoms with Crippen LogP contribution in [0.1, 0.15) is 17.0 Å². The molecule has 0 aliphatic rings. The molecule has 1 heterocycles. The van der Waals surface area contributed by atoms with Gasteiger partial charge in [0.1, 0.15) is 0 Å². The van der Waals surface area contributed by atoms with Crippen molar-refractivity contribution in [2.45, 2.75) is 23.6 Å². The third-order valence-corrected chi connectivity index (χ3v) is 5.60. The van der Waals surface area contributed by atoms with E-state index in [1.807, 2.05) is 38.1 Å². The number of hydrogen-bond donors (Lipinski definition) is 2. The minimum absolute atomic E-state index is 0.0612. The first-order valence-corrected chi connectivity index (χ1v) is 9.49. The number of nitrogens with zero attached hydrogens (tertiary/aromatic N) is 2. The van der Waals surface area contributed by atoms with E-state index in [4.69, 9.17) is 4.74 Å². The Kier molecular flexibility index (Phi) is 5.68. The average Bonchev–Trinajstić information content (AvgIpc) is 2.95. The lowest BCUT2D eigenvalue weighted by molar-refractivity contribution is 0.373. The summed E-state index contributed by atoms with van der Waals surface area (Å²) in [5, 5.41) is 17.5. The van der Waals surface area contributed by atoms with Crippen LogP contribution < -0.4 is 4.74 Å². The Morgan fingerprint density at radius 3 is 2.73 bits per heavy atom. The quantitative estimate of drug-likeness (QED) is 0.530. The first-order valence-electron chi connectivity index (χ1n) is 7.88. The number of halogens is 1. The van der Waals surface area contributed by atoms with E-state index in [9.17, 15) is 5.11 Å². The lowest BCUT2D eigenvalue weighted by atomic mass is 10.2. The minimum Gasteiger partial charge on any atom is -0.504 e. The van der Waals surface area contributed by atoms with Crippen LogP contribution in [0.25, 0.3) is 0 Å². The summed E-state index contributed by atoms with van der Waals surface area (Å²) in [6.07, 6.45) is 1.64. The van der Waals surface area contributed by atoms with Crippen molar-refractivity contribution in [3.05, 3.63) is 57.8 Å². The predicted molar refractivity (Wildman–Crippen MR) is 108 cm³/mol. The molecule has 3 rings (SSSR count). The van der Waals surface area contributed by atoms with Crippen molar-refractivity contribution in [2.24, 2.45) is 4.99 Å². The van der Waals surface area contributed by atoms with Gasteiger partial charge >= 0.3 is 0 Å². The maximum atomic E-state index is 10.3. The highest BCUT2D eigenvalue weighted by Gasteiger charge is 2.11. The van der Waals surface area contributed by atoms with Crippen LogP contribution in [0.2, 0.25) is 0 Å². The molecule has 1 aromatic heterocycles. The number of para-hydroxylation sites is 1. The molecule has 2 N–H and O–H groups in total. The lowest BCUT2D eigenvalue weighted by Crippen LogP contribution is -1.89. The highest BCUT2D eigenvalue weighted by molar-refractivity contribution is 9.10. The van der Waals surface area contributed by atoms with Gasteiger partial charge in [0, 0.05) is 26.8 Å². The molecule has 0 saturated heterocycles. The fourth-order valence-electron chi connectivity index (χ4n) is 2.44. The van der Waals surface area contributed by atoms with Crippen LogP contribution in [-0.4, -0.2) is 28.6 Å². The fraction of sp³-hybridized carbons (Fsp3) is 0.158. The number of phenols is 1. The first kappa shape index (κ1) is 18.5. The van der Waals surface area contributed by atoms with E-state index >= 15 is 0 Å². The summed E-state index contributed by atoms with van der Waals surface area (Å²) in [5.74, 6) is 0.458. The number of aromatic nitrogens is 2. The molecule has 0 bridgehead atoms. The normalized spacial score (nSPS) is 11.2. The summed E-state index contributed by atoms with van der Waals surface area (Å²) in [6.45, 7) is 3.98. The van der Waals surface area contributed by atoms with E-state index in [1.165, 1.54) is 7.11 Å². The number of phenolic OH excluding ortho intramolecular Hbond substituents is 1. The van der Waals surface area contributed by atoms with Crippen molar-refractivity contribution in [1.82, 2.24) is 10.2 Å². The number of methoxy groups -OCH3 is 1. The van der Waals surface area contributed by atoms with Crippen LogP contribution in [0.3, 0.4) is 0 Å². The number of nitrogens with one attached hydrogen (secondary N) is 1. The molecule has 0 saturated carbocycles. The van der Waals surface area contributed by atoms with Crippen LogP contribution in [0, 0.1) is 13.8 Å². The molecular weight excluding hydrogens is 414 g/mol. The van der Waals surface area contributed by atoms with Crippen molar-refractivity contribution < 1.29 is 9.84 Å². The van der Waals surface area contributed by atoms with E-state index < -0.39 is 0 Å². The van der Waals surface area contributed by atoms with Crippen molar-refractivity contribution in [1.29, 1.82) is 0 Å². The second-order valence-electron chi connectivity index (χ2n) is 5.64. The number of aliphatic imine (C=N–C) groups is 1. The maximum absolute atomic E-state index is 10.3. The summed E-state index contributed by atoms with van der Waals surface area (Å²) in [6, 6.07) is 11.4. The van der Waals surface area contributed by atoms with Crippen molar-refractivity contribution in [2.75, 3.05) is 7.11 Å².